The van der Waals surface area contributed by atoms with E-state index in [1.165, 1.54) is 0 Å². The molecule has 0 saturated carbocycles. The fraction of sp³-hybridized carbons (Fsp3) is 0.412. The maximum atomic E-state index is 13.1. The van der Waals surface area contributed by atoms with Crippen LogP contribution in [-0.2, 0) is 6.18 Å². The summed E-state index contributed by atoms with van der Waals surface area (Å²) in [6.07, 6.45) is -3.18. The smallest absolute Gasteiger partial charge is 0.423 e. The molecule has 0 fully saturated rings. The molecule has 0 saturated heterocycles. The van der Waals surface area contributed by atoms with Crippen LogP contribution in [0, 0.1) is 6.92 Å². The van der Waals surface area contributed by atoms with Crippen molar-refractivity contribution in [2.75, 3.05) is 18.1 Å². The van der Waals surface area contributed by atoms with Gasteiger partial charge in [0.1, 0.15) is 5.56 Å². The van der Waals surface area contributed by atoms with Gasteiger partial charge in [-0.2, -0.15) is 18.2 Å². The second-order valence-corrected chi connectivity index (χ2v) is 5.27. The third-order valence-electron chi connectivity index (χ3n) is 3.45. The van der Waals surface area contributed by atoms with Crippen molar-refractivity contribution in [3.63, 3.8) is 0 Å². The van der Waals surface area contributed by atoms with Gasteiger partial charge in [0.05, 0.1) is 6.61 Å². The van der Waals surface area contributed by atoms with Gasteiger partial charge in [0.2, 0.25) is 11.8 Å². The van der Waals surface area contributed by atoms with E-state index in [9.17, 15) is 13.2 Å². The number of anilines is 2. The van der Waals surface area contributed by atoms with Crippen molar-refractivity contribution in [2.45, 2.75) is 33.4 Å². The number of rotatable bonds is 6. The fourth-order valence-electron chi connectivity index (χ4n) is 2.28. The molecule has 1 aromatic carbocycles. The summed E-state index contributed by atoms with van der Waals surface area (Å²) in [5, 5.41) is 0. The Balaban J connectivity index is 2.47. The van der Waals surface area contributed by atoms with Gasteiger partial charge < -0.3 is 9.64 Å². The molecule has 0 atom stereocenters. The predicted molar refractivity (Wildman–Crippen MR) is 86.7 cm³/mol. The van der Waals surface area contributed by atoms with E-state index in [-0.39, 0.29) is 12.6 Å². The number of benzene rings is 1. The number of aryl methyl sites for hydroxylation is 1. The van der Waals surface area contributed by atoms with Crippen LogP contribution in [0.15, 0.2) is 30.5 Å². The number of hydrogen-bond donors (Lipinski definition) is 0. The molecule has 24 heavy (non-hydrogen) atoms. The monoisotopic (exact) mass is 339 g/mol. The molecular formula is C17H20F3N3O. The molecule has 0 bridgehead atoms. The Bertz CT molecular complexity index is 689. The number of alkyl halides is 3. The summed E-state index contributed by atoms with van der Waals surface area (Å²) in [6.45, 7) is 6.32. The first-order chi connectivity index (χ1) is 11.4. The van der Waals surface area contributed by atoms with Crippen molar-refractivity contribution in [1.82, 2.24) is 9.97 Å². The molecule has 4 nitrogen and oxygen atoms in total. The average Bonchev–Trinajstić information content (AvgIpc) is 2.54. The molecule has 0 unspecified atom stereocenters. The molecule has 1 heterocycles. The van der Waals surface area contributed by atoms with Crippen LogP contribution in [0.4, 0.5) is 24.8 Å². The quantitative estimate of drug-likeness (QED) is 0.761. The van der Waals surface area contributed by atoms with Crippen molar-refractivity contribution in [1.29, 1.82) is 0 Å². The molecule has 0 radical (unpaired) electrons. The van der Waals surface area contributed by atoms with Crippen LogP contribution in [0.5, 0.6) is 5.88 Å². The summed E-state index contributed by atoms with van der Waals surface area (Å²) in [7, 11) is 0. The van der Waals surface area contributed by atoms with E-state index in [0.717, 1.165) is 17.4 Å². The number of para-hydroxylation sites is 1. The molecule has 2 rings (SSSR count). The zero-order chi connectivity index (χ0) is 17.7. The number of hydrogen-bond acceptors (Lipinski definition) is 4. The highest BCUT2D eigenvalue weighted by molar-refractivity contribution is 5.61. The zero-order valence-corrected chi connectivity index (χ0v) is 13.9. The number of ether oxygens (including phenoxy) is 1. The Morgan fingerprint density at radius 3 is 2.46 bits per heavy atom. The van der Waals surface area contributed by atoms with Crippen LogP contribution in [-0.4, -0.2) is 23.1 Å². The highest BCUT2D eigenvalue weighted by atomic mass is 19.4. The third kappa shape index (κ3) is 3.96. The summed E-state index contributed by atoms with van der Waals surface area (Å²) in [6, 6.07) is 7.57. The van der Waals surface area contributed by atoms with Crippen LogP contribution in [0.3, 0.4) is 0 Å². The Hall–Kier alpha value is -2.31. The summed E-state index contributed by atoms with van der Waals surface area (Å²) >= 11 is 0. The molecule has 2 aromatic rings. The molecule has 0 N–H and O–H groups in total. The van der Waals surface area contributed by atoms with Gasteiger partial charge in [-0.25, -0.2) is 4.98 Å². The maximum Gasteiger partial charge on any atom is 0.423 e. The Morgan fingerprint density at radius 1 is 1.17 bits per heavy atom. The first kappa shape index (κ1) is 18.0. The van der Waals surface area contributed by atoms with Gasteiger partial charge in [0.25, 0.3) is 0 Å². The van der Waals surface area contributed by atoms with E-state index in [2.05, 4.69) is 9.97 Å². The summed E-state index contributed by atoms with van der Waals surface area (Å²) in [5.41, 5.74) is 0.876. The molecule has 130 valence electrons. The lowest BCUT2D eigenvalue weighted by atomic mass is 10.2. The second-order valence-electron chi connectivity index (χ2n) is 5.27. The minimum absolute atomic E-state index is 0.163. The standard InChI is InChI=1S/C17H20F3N3O/c1-4-10-24-15-13(17(18,19)20)11-21-16(22-15)23(5-2)14-9-7-6-8-12(14)3/h6-9,11H,4-5,10H2,1-3H3. The van der Waals surface area contributed by atoms with E-state index in [4.69, 9.17) is 4.74 Å². The van der Waals surface area contributed by atoms with E-state index < -0.39 is 17.6 Å². The number of nitrogens with zero attached hydrogens (tertiary/aromatic N) is 3. The average molecular weight is 339 g/mol. The van der Waals surface area contributed by atoms with Gasteiger partial charge in [-0.05, 0) is 31.9 Å². The summed E-state index contributed by atoms with van der Waals surface area (Å²) < 4.78 is 44.5. The van der Waals surface area contributed by atoms with Crippen molar-refractivity contribution in [3.05, 3.63) is 41.6 Å². The highest BCUT2D eigenvalue weighted by Crippen LogP contribution is 2.36. The first-order valence-electron chi connectivity index (χ1n) is 7.78. The predicted octanol–water partition coefficient (Wildman–Crippen LogP) is 4.75. The van der Waals surface area contributed by atoms with Gasteiger partial charge >= 0.3 is 6.18 Å². The van der Waals surface area contributed by atoms with Gasteiger partial charge in [0.15, 0.2) is 0 Å². The topological polar surface area (TPSA) is 38.2 Å². The van der Waals surface area contributed by atoms with E-state index in [0.29, 0.717) is 13.0 Å². The summed E-state index contributed by atoms with van der Waals surface area (Å²) in [5.74, 6) is -0.243. The molecule has 0 aliphatic heterocycles. The van der Waals surface area contributed by atoms with Crippen molar-refractivity contribution in [3.8, 4) is 5.88 Å². The van der Waals surface area contributed by atoms with E-state index in [1.54, 1.807) is 4.90 Å². The Morgan fingerprint density at radius 2 is 1.88 bits per heavy atom. The first-order valence-corrected chi connectivity index (χ1v) is 7.78. The lowest BCUT2D eigenvalue weighted by Crippen LogP contribution is -2.21. The molecule has 7 heteroatoms. The number of halogens is 3. The van der Waals surface area contributed by atoms with E-state index in [1.807, 2.05) is 45.0 Å². The normalized spacial score (nSPS) is 11.4. The highest BCUT2D eigenvalue weighted by Gasteiger charge is 2.36. The molecule has 0 aliphatic carbocycles. The van der Waals surface area contributed by atoms with Crippen LogP contribution in [0.25, 0.3) is 0 Å². The molecule has 0 aliphatic rings. The summed E-state index contributed by atoms with van der Waals surface area (Å²) in [4.78, 5) is 9.71. The van der Waals surface area contributed by atoms with Crippen LogP contribution >= 0.6 is 0 Å². The van der Waals surface area contributed by atoms with Crippen molar-refractivity contribution < 1.29 is 17.9 Å². The lowest BCUT2D eigenvalue weighted by Gasteiger charge is -2.24. The Labute approximate surface area is 139 Å². The molecule has 0 amide bonds. The van der Waals surface area contributed by atoms with E-state index >= 15 is 0 Å². The fourth-order valence-corrected chi connectivity index (χ4v) is 2.28. The largest absolute Gasteiger partial charge is 0.477 e. The maximum absolute atomic E-state index is 13.1. The number of aromatic nitrogens is 2. The van der Waals surface area contributed by atoms with Gasteiger partial charge in [0, 0.05) is 18.4 Å². The zero-order valence-electron chi connectivity index (χ0n) is 13.9. The van der Waals surface area contributed by atoms with Crippen molar-refractivity contribution in [2.24, 2.45) is 0 Å². The molecular weight excluding hydrogens is 319 g/mol. The SMILES string of the molecule is CCCOc1nc(N(CC)c2ccccc2C)ncc1C(F)(F)F. The minimum atomic E-state index is -4.55. The third-order valence-corrected chi connectivity index (χ3v) is 3.45. The van der Waals surface area contributed by atoms with Gasteiger partial charge in [-0.15, -0.1) is 0 Å². The lowest BCUT2D eigenvalue weighted by molar-refractivity contribution is -0.139. The second kappa shape index (κ2) is 7.51. The Kier molecular flexibility index (Phi) is 5.64. The van der Waals surface area contributed by atoms with Crippen molar-refractivity contribution >= 4 is 11.6 Å². The van der Waals surface area contributed by atoms with Crippen LogP contribution < -0.4 is 9.64 Å². The van der Waals surface area contributed by atoms with Crippen LogP contribution in [0.1, 0.15) is 31.4 Å². The molecule has 0 spiro atoms. The minimum Gasteiger partial charge on any atom is -0.477 e. The van der Waals surface area contributed by atoms with Crippen LogP contribution in [0.2, 0.25) is 0 Å². The van der Waals surface area contributed by atoms with Gasteiger partial charge in [-0.3, -0.25) is 0 Å². The van der Waals surface area contributed by atoms with Gasteiger partial charge in [-0.1, -0.05) is 25.1 Å². The molecule has 1 aromatic heterocycles.